The Labute approximate surface area is 60.6 Å². The molecule has 1 heterocycles. The van der Waals surface area contributed by atoms with Gasteiger partial charge in [-0.3, -0.25) is 9.98 Å². The van der Waals surface area contributed by atoms with Crippen molar-refractivity contribution in [2.75, 3.05) is 0 Å². The van der Waals surface area contributed by atoms with Gasteiger partial charge in [-0.05, 0) is 24.8 Å². The van der Waals surface area contributed by atoms with Crippen molar-refractivity contribution in [3.05, 3.63) is 24.0 Å². The van der Waals surface area contributed by atoms with E-state index in [1.54, 1.807) is 6.20 Å². The van der Waals surface area contributed by atoms with Gasteiger partial charge in [0.1, 0.15) is 0 Å². The Bertz CT molecular complexity index is 230. The molecule has 0 aliphatic heterocycles. The Morgan fingerprint density at radius 2 is 2.50 bits per heavy atom. The lowest BCUT2D eigenvalue weighted by molar-refractivity contribution is 1.10. The third kappa shape index (κ3) is 1.21. The van der Waals surface area contributed by atoms with E-state index in [9.17, 15) is 0 Å². The van der Waals surface area contributed by atoms with E-state index in [1.807, 2.05) is 12.3 Å². The van der Waals surface area contributed by atoms with E-state index in [0.717, 1.165) is 17.7 Å². The summed E-state index contributed by atoms with van der Waals surface area (Å²) in [7, 11) is 0. The number of pyridine rings is 1. The van der Waals surface area contributed by atoms with Gasteiger partial charge in [0.05, 0.1) is 5.69 Å². The van der Waals surface area contributed by atoms with E-state index in [-0.39, 0.29) is 0 Å². The third-order valence-corrected chi connectivity index (χ3v) is 1.43. The molecule has 10 heavy (non-hydrogen) atoms. The molecule has 0 radical (unpaired) electrons. The maximum atomic E-state index is 3.98. The second-order valence-electron chi connectivity index (χ2n) is 2.02. The topological polar surface area (TPSA) is 25.2 Å². The van der Waals surface area contributed by atoms with Gasteiger partial charge in [-0.1, -0.05) is 6.92 Å². The molecule has 0 aliphatic carbocycles. The standard InChI is InChI=1S/C8H10N2/c1-3-7-6-10-5-4-8(7)9-2/h4-6H,2-3H2,1H3. The summed E-state index contributed by atoms with van der Waals surface area (Å²) in [6.07, 6.45) is 4.51. The van der Waals surface area contributed by atoms with Gasteiger partial charge in [0.2, 0.25) is 0 Å². The Kier molecular flexibility index (Phi) is 2.15. The summed E-state index contributed by atoms with van der Waals surface area (Å²) in [5.74, 6) is 0. The minimum atomic E-state index is 0.942. The summed E-state index contributed by atoms with van der Waals surface area (Å²) in [6.45, 7) is 5.54. The minimum Gasteiger partial charge on any atom is -0.264 e. The van der Waals surface area contributed by atoms with Crippen LogP contribution in [0, 0.1) is 0 Å². The Balaban J connectivity index is 3.08. The molecule has 0 spiro atoms. The van der Waals surface area contributed by atoms with E-state index in [2.05, 4.69) is 23.6 Å². The smallest absolute Gasteiger partial charge is 0.0684 e. The number of rotatable bonds is 2. The van der Waals surface area contributed by atoms with Gasteiger partial charge >= 0.3 is 0 Å². The summed E-state index contributed by atoms with van der Waals surface area (Å²) in [6, 6.07) is 1.87. The van der Waals surface area contributed by atoms with Crippen molar-refractivity contribution in [3.8, 4) is 0 Å². The lowest BCUT2D eigenvalue weighted by atomic mass is 10.2. The fourth-order valence-electron chi connectivity index (χ4n) is 0.846. The van der Waals surface area contributed by atoms with Crippen LogP contribution in [0.4, 0.5) is 5.69 Å². The summed E-state index contributed by atoms with van der Waals surface area (Å²) >= 11 is 0. The average molecular weight is 134 g/mol. The molecule has 1 aromatic rings. The Morgan fingerprint density at radius 1 is 1.70 bits per heavy atom. The highest BCUT2D eigenvalue weighted by Gasteiger charge is 1.94. The van der Waals surface area contributed by atoms with Crippen LogP contribution in [0.3, 0.4) is 0 Å². The zero-order chi connectivity index (χ0) is 7.40. The molecule has 1 rings (SSSR count). The molecule has 0 saturated carbocycles. The molecule has 0 bridgehead atoms. The lowest BCUT2D eigenvalue weighted by Crippen LogP contribution is -1.81. The number of aromatic nitrogens is 1. The van der Waals surface area contributed by atoms with Gasteiger partial charge in [-0.25, -0.2) is 0 Å². The van der Waals surface area contributed by atoms with E-state index < -0.39 is 0 Å². The van der Waals surface area contributed by atoms with Crippen molar-refractivity contribution >= 4 is 12.4 Å². The molecule has 0 fully saturated rings. The van der Waals surface area contributed by atoms with Crippen molar-refractivity contribution < 1.29 is 0 Å². The predicted octanol–water partition coefficient (Wildman–Crippen LogP) is 1.98. The second kappa shape index (κ2) is 3.11. The molecule has 0 aliphatic rings. The van der Waals surface area contributed by atoms with Crippen LogP contribution in [0.1, 0.15) is 12.5 Å². The third-order valence-electron chi connectivity index (χ3n) is 1.43. The Morgan fingerprint density at radius 3 is 3.00 bits per heavy atom. The second-order valence-corrected chi connectivity index (χ2v) is 2.02. The van der Waals surface area contributed by atoms with Crippen LogP contribution >= 0.6 is 0 Å². The van der Waals surface area contributed by atoms with Gasteiger partial charge in [-0.15, -0.1) is 0 Å². The summed E-state index contributed by atoms with van der Waals surface area (Å²) in [4.78, 5) is 7.83. The Hall–Kier alpha value is -1.18. The highest BCUT2D eigenvalue weighted by Crippen LogP contribution is 2.15. The van der Waals surface area contributed by atoms with E-state index in [1.165, 1.54) is 0 Å². The maximum Gasteiger partial charge on any atom is 0.0684 e. The first-order chi connectivity index (χ1) is 4.88. The molecule has 0 amide bonds. The molecular weight excluding hydrogens is 124 g/mol. The van der Waals surface area contributed by atoms with Crippen LogP contribution in [-0.2, 0) is 6.42 Å². The van der Waals surface area contributed by atoms with Crippen molar-refractivity contribution in [3.63, 3.8) is 0 Å². The lowest BCUT2D eigenvalue weighted by Gasteiger charge is -1.98. The minimum absolute atomic E-state index is 0.942. The van der Waals surface area contributed by atoms with Gasteiger partial charge in [0, 0.05) is 12.4 Å². The van der Waals surface area contributed by atoms with Gasteiger partial charge in [0.15, 0.2) is 0 Å². The quantitative estimate of drug-likeness (QED) is 0.568. The number of hydrogen-bond acceptors (Lipinski definition) is 2. The van der Waals surface area contributed by atoms with Gasteiger partial charge < -0.3 is 0 Å². The van der Waals surface area contributed by atoms with Gasteiger partial charge in [-0.2, -0.15) is 0 Å². The van der Waals surface area contributed by atoms with Crippen LogP contribution in [0.5, 0.6) is 0 Å². The van der Waals surface area contributed by atoms with Crippen LogP contribution in [-0.4, -0.2) is 11.7 Å². The van der Waals surface area contributed by atoms with E-state index >= 15 is 0 Å². The first kappa shape index (κ1) is 6.93. The summed E-state index contributed by atoms with van der Waals surface area (Å²) < 4.78 is 0. The number of aryl methyl sites for hydroxylation is 1. The van der Waals surface area contributed by atoms with Crippen molar-refractivity contribution in [1.29, 1.82) is 0 Å². The van der Waals surface area contributed by atoms with Crippen LogP contribution in [0.2, 0.25) is 0 Å². The van der Waals surface area contributed by atoms with Crippen LogP contribution in [0.25, 0.3) is 0 Å². The van der Waals surface area contributed by atoms with Crippen molar-refractivity contribution in [2.45, 2.75) is 13.3 Å². The van der Waals surface area contributed by atoms with Crippen LogP contribution in [0.15, 0.2) is 23.5 Å². The largest absolute Gasteiger partial charge is 0.264 e. The first-order valence-corrected chi connectivity index (χ1v) is 3.28. The molecule has 2 heteroatoms. The van der Waals surface area contributed by atoms with Crippen molar-refractivity contribution in [1.82, 2.24) is 4.98 Å². The van der Waals surface area contributed by atoms with Gasteiger partial charge in [0.25, 0.3) is 0 Å². The fraction of sp³-hybridized carbons (Fsp3) is 0.250. The van der Waals surface area contributed by atoms with Crippen molar-refractivity contribution in [2.24, 2.45) is 4.99 Å². The highest BCUT2D eigenvalue weighted by atomic mass is 14.7. The maximum absolute atomic E-state index is 3.98. The zero-order valence-corrected chi connectivity index (χ0v) is 6.04. The fourth-order valence-corrected chi connectivity index (χ4v) is 0.846. The molecular formula is C8H10N2. The average Bonchev–Trinajstić information content (AvgIpc) is 2.04. The predicted molar refractivity (Wildman–Crippen MR) is 42.8 cm³/mol. The summed E-state index contributed by atoms with van der Waals surface area (Å²) in [5.41, 5.74) is 2.09. The molecule has 0 N–H and O–H groups in total. The normalized spacial score (nSPS) is 9.30. The molecule has 1 aromatic heterocycles. The SMILES string of the molecule is C=Nc1ccncc1CC. The molecule has 2 nitrogen and oxygen atoms in total. The number of hydrogen-bond donors (Lipinski definition) is 0. The first-order valence-electron chi connectivity index (χ1n) is 3.28. The number of aliphatic imine (C=N–C) groups is 1. The zero-order valence-electron chi connectivity index (χ0n) is 6.04. The summed E-state index contributed by atoms with van der Waals surface area (Å²) in [5, 5.41) is 0. The molecule has 52 valence electrons. The molecule has 0 saturated heterocycles. The number of nitrogens with zero attached hydrogens (tertiary/aromatic N) is 2. The van der Waals surface area contributed by atoms with E-state index in [0.29, 0.717) is 0 Å². The van der Waals surface area contributed by atoms with Crippen LogP contribution < -0.4 is 0 Å². The molecule has 0 aromatic carbocycles. The monoisotopic (exact) mass is 134 g/mol. The highest BCUT2D eigenvalue weighted by molar-refractivity contribution is 5.49. The molecule has 0 atom stereocenters. The molecule has 0 unspecified atom stereocenters. The van der Waals surface area contributed by atoms with E-state index in [4.69, 9.17) is 0 Å².